The zero-order valence-electron chi connectivity index (χ0n) is 13.6. The Morgan fingerprint density at radius 1 is 1.08 bits per heavy atom. The van der Waals surface area contributed by atoms with E-state index in [4.69, 9.17) is 4.74 Å². The van der Waals surface area contributed by atoms with E-state index in [1.54, 1.807) is 6.20 Å². The minimum atomic E-state index is -4.37. The summed E-state index contributed by atoms with van der Waals surface area (Å²) >= 11 is 0. The van der Waals surface area contributed by atoms with Crippen molar-refractivity contribution in [1.82, 2.24) is 9.38 Å². The predicted octanol–water partition coefficient (Wildman–Crippen LogP) is 5.04. The molecule has 2 aromatic heterocycles. The Morgan fingerprint density at radius 2 is 1.83 bits per heavy atom. The van der Waals surface area contributed by atoms with Crippen LogP contribution < -0.4 is 4.74 Å². The summed E-state index contributed by atoms with van der Waals surface area (Å²) in [7, 11) is 0. The summed E-state index contributed by atoms with van der Waals surface area (Å²) < 4.78 is 45.5. The number of nitrogens with zero attached hydrogens (tertiary/aromatic N) is 2. The Morgan fingerprint density at radius 3 is 2.50 bits per heavy atom. The Kier molecular flexibility index (Phi) is 3.99. The summed E-state index contributed by atoms with van der Waals surface area (Å²) in [5.41, 5.74) is 3.22. The Labute approximate surface area is 137 Å². The molecule has 0 saturated carbocycles. The van der Waals surface area contributed by atoms with Crippen LogP contribution in [0.2, 0.25) is 0 Å². The lowest BCUT2D eigenvalue weighted by atomic mass is 10.0. The van der Waals surface area contributed by atoms with Crippen LogP contribution >= 0.6 is 0 Å². The van der Waals surface area contributed by atoms with Crippen molar-refractivity contribution in [3.8, 4) is 17.0 Å². The first-order chi connectivity index (χ1) is 11.3. The van der Waals surface area contributed by atoms with E-state index in [0.29, 0.717) is 17.9 Å². The average Bonchev–Trinajstić information content (AvgIpc) is 2.92. The molecule has 3 aromatic rings. The van der Waals surface area contributed by atoms with E-state index < -0.39 is 11.7 Å². The lowest BCUT2D eigenvalue weighted by Crippen LogP contribution is -2.05. The fourth-order valence-corrected chi connectivity index (χ4v) is 2.67. The summed E-state index contributed by atoms with van der Waals surface area (Å²) in [4.78, 5) is 4.44. The van der Waals surface area contributed by atoms with Gasteiger partial charge in [0.15, 0.2) is 0 Å². The molecule has 0 spiro atoms. The van der Waals surface area contributed by atoms with E-state index in [1.807, 2.05) is 32.9 Å². The number of pyridine rings is 1. The number of ether oxygens (including phenoxy) is 1. The molecule has 0 aliphatic heterocycles. The van der Waals surface area contributed by atoms with Gasteiger partial charge >= 0.3 is 6.18 Å². The highest BCUT2D eigenvalue weighted by molar-refractivity contribution is 5.68. The van der Waals surface area contributed by atoms with Crippen LogP contribution in [-0.2, 0) is 6.18 Å². The van der Waals surface area contributed by atoms with Gasteiger partial charge in [0.05, 0.1) is 17.9 Å². The van der Waals surface area contributed by atoms with Gasteiger partial charge in [0.25, 0.3) is 0 Å². The van der Waals surface area contributed by atoms with Gasteiger partial charge in [-0.25, -0.2) is 4.98 Å². The van der Waals surface area contributed by atoms with E-state index in [-0.39, 0.29) is 0 Å². The number of rotatable bonds is 3. The van der Waals surface area contributed by atoms with Crippen LogP contribution in [0.3, 0.4) is 0 Å². The number of hydrogen-bond acceptors (Lipinski definition) is 2. The van der Waals surface area contributed by atoms with E-state index >= 15 is 0 Å². The fourth-order valence-electron chi connectivity index (χ4n) is 2.67. The van der Waals surface area contributed by atoms with Crippen molar-refractivity contribution in [3.05, 3.63) is 53.3 Å². The van der Waals surface area contributed by atoms with Crippen LogP contribution in [-0.4, -0.2) is 16.0 Å². The van der Waals surface area contributed by atoms with Gasteiger partial charge in [-0.05, 0) is 56.2 Å². The van der Waals surface area contributed by atoms with Crippen LogP contribution in [0.4, 0.5) is 13.2 Å². The maximum absolute atomic E-state index is 12.8. The zero-order valence-corrected chi connectivity index (χ0v) is 13.6. The molecule has 0 radical (unpaired) electrons. The van der Waals surface area contributed by atoms with Gasteiger partial charge in [-0.2, -0.15) is 13.2 Å². The summed E-state index contributed by atoms with van der Waals surface area (Å²) in [5, 5.41) is 0. The van der Waals surface area contributed by atoms with Crippen molar-refractivity contribution >= 4 is 5.65 Å². The Balaban J connectivity index is 2.08. The third-order valence-corrected chi connectivity index (χ3v) is 3.88. The number of halogens is 3. The van der Waals surface area contributed by atoms with Gasteiger partial charge < -0.3 is 9.14 Å². The highest BCUT2D eigenvalue weighted by Gasteiger charge is 2.30. The number of aryl methyl sites for hydroxylation is 2. The first-order valence-electron chi connectivity index (χ1n) is 7.60. The smallest absolute Gasteiger partial charge is 0.417 e. The molecule has 0 atom stereocenters. The molecule has 1 aromatic carbocycles. The van der Waals surface area contributed by atoms with Gasteiger partial charge in [-0.3, -0.25) is 0 Å². The molecule has 0 aliphatic carbocycles. The Bertz CT molecular complexity index is 897. The van der Waals surface area contributed by atoms with Crippen LogP contribution in [0, 0.1) is 13.8 Å². The molecule has 126 valence electrons. The molecule has 0 saturated heterocycles. The number of benzene rings is 1. The standard InChI is InChI=1S/C18H17F3N2O/c1-4-24-16-8-11(2)14(7-12(16)3)15-10-23-9-13(18(19,20)21)5-6-17(23)22-15/h5-10H,4H2,1-3H3. The number of hydrogen-bond donors (Lipinski definition) is 0. The molecule has 0 amide bonds. The second-order valence-electron chi connectivity index (χ2n) is 5.67. The fraction of sp³-hybridized carbons (Fsp3) is 0.278. The molecular weight excluding hydrogens is 317 g/mol. The first-order valence-corrected chi connectivity index (χ1v) is 7.60. The molecular formula is C18H17F3N2O. The van der Waals surface area contributed by atoms with Gasteiger partial charge in [0, 0.05) is 18.0 Å². The number of alkyl halides is 3. The maximum Gasteiger partial charge on any atom is 0.417 e. The molecule has 0 aliphatic rings. The second kappa shape index (κ2) is 5.85. The summed E-state index contributed by atoms with van der Waals surface area (Å²) in [6, 6.07) is 6.30. The first kappa shape index (κ1) is 16.4. The highest BCUT2D eigenvalue weighted by Crippen LogP contribution is 2.32. The van der Waals surface area contributed by atoms with Crippen molar-refractivity contribution in [1.29, 1.82) is 0 Å². The monoisotopic (exact) mass is 334 g/mol. The normalized spacial score (nSPS) is 11.9. The third kappa shape index (κ3) is 2.96. The highest BCUT2D eigenvalue weighted by atomic mass is 19.4. The molecule has 0 bridgehead atoms. The van der Waals surface area contributed by atoms with Crippen LogP contribution in [0.25, 0.3) is 16.9 Å². The molecule has 3 rings (SSSR count). The van der Waals surface area contributed by atoms with Gasteiger partial charge in [-0.15, -0.1) is 0 Å². The predicted molar refractivity (Wildman–Crippen MR) is 86.3 cm³/mol. The third-order valence-electron chi connectivity index (χ3n) is 3.88. The quantitative estimate of drug-likeness (QED) is 0.671. The molecule has 0 N–H and O–H groups in total. The molecule has 24 heavy (non-hydrogen) atoms. The van der Waals surface area contributed by atoms with Crippen LogP contribution in [0.15, 0.2) is 36.7 Å². The molecule has 6 heteroatoms. The Hall–Kier alpha value is -2.50. The SMILES string of the molecule is CCOc1cc(C)c(-c2cn3cc(C(F)(F)F)ccc3n2)cc1C. The lowest BCUT2D eigenvalue weighted by molar-refractivity contribution is -0.137. The topological polar surface area (TPSA) is 26.5 Å². The summed E-state index contributed by atoms with van der Waals surface area (Å²) in [5.74, 6) is 0.807. The van der Waals surface area contributed by atoms with E-state index in [9.17, 15) is 13.2 Å². The minimum Gasteiger partial charge on any atom is -0.494 e. The summed E-state index contributed by atoms with van der Waals surface area (Å²) in [6.07, 6.45) is -1.69. The average molecular weight is 334 g/mol. The van der Waals surface area contributed by atoms with Crippen LogP contribution in [0.1, 0.15) is 23.6 Å². The van der Waals surface area contributed by atoms with Crippen molar-refractivity contribution in [2.24, 2.45) is 0 Å². The number of aromatic nitrogens is 2. The lowest BCUT2D eigenvalue weighted by Gasteiger charge is -2.11. The van der Waals surface area contributed by atoms with Crippen molar-refractivity contribution < 1.29 is 17.9 Å². The van der Waals surface area contributed by atoms with E-state index in [1.165, 1.54) is 10.5 Å². The number of fused-ring (bicyclic) bond motifs is 1. The van der Waals surface area contributed by atoms with Gasteiger partial charge in [-0.1, -0.05) is 0 Å². The van der Waals surface area contributed by atoms with Crippen molar-refractivity contribution in [3.63, 3.8) is 0 Å². The zero-order chi connectivity index (χ0) is 17.5. The van der Waals surface area contributed by atoms with Crippen molar-refractivity contribution in [2.75, 3.05) is 6.61 Å². The molecule has 0 fully saturated rings. The van der Waals surface area contributed by atoms with Gasteiger partial charge in [0.2, 0.25) is 0 Å². The van der Waals surface area contributed by atoms with Crippen molar-refractivity contribution in [2.45, 2.75) is 26.9 Å². The van der Waals surface area contributed by atoms with E-state index in [2.05, 4.69) is 4.98 Å². The van der Waals surface area contributed by atoms with Gasteiger partial charge in [0.1, 0.15) is 11.4 Å². The minimum absolute atomic E-state index is 0.476. The van der Waals surface area contributed by atoms with Crippen LogP contribution in [0.5, 0.6) is 5.75 Å². The second-order valence-corrected chi connectivity index (χ2v) is 5.67. The summed E-state index contributed by atoms with van der Waals surface area (Å²) in [6.45, 7) is 6.37. The molecule has 3 nitrogen and oxygen atoms in total. The number of imidazole rings is 1. The maximum atomic E-state index is 12.8. The largest absolute Gasteiger partial charge is 0.494 e. The van der Waals surface area contributed by atoms with E-state index in [0.717, 1.165) is 34.7 Å². The molecule has 0 unspecified atom stereocenters. The molecule has 2 heterocycles.